The Kier molecular flexibility index (Phi) is 5.61. The second kappa shape index (κ2) is 7.92. The second-order valence-electron chi connectivity index (χ2n) is 7.57. The van der Waals surface area contributed by atoms with Gasteiger partial charge in [0, 0.05) is 12.3 Å². The molecule has 1 aliphatic carbocycles. The lowest BCUT2D eigenvalue weighted by molar-refractivity contribution is 0.0909. The van der Waals surface area contributed by atoms with Gasteiger partial charge in [-0.15, -0.1) is 0 Å². The minimum absolute atomic E-state index is 0.161. The summed E-state index contributed by atoms with van der Waals surface area (Å²) in [7, 11) is 0. The number of aliphatic hydroxyl groups is 1. The van der Waals surface area contributed by atoms with Crippen molar-refractivity contribution in [3.05, 3.63) is 24.2 Å². The van der Waals surface area contributed by atoms with E-state index in [1.54, 1.807) is 37.0 Å². The van der Waals surface area contributed by atoms with Crippen molar-refractivity contribution in [1.82, 2.24) is 19.7 Å². The molecule has 27 heavy (non-hydrogen) atoms. The van der Waals surface area contributed by atoms with Gasteiger partial charge in [-0.1, -0.05) is 0 Å². The molecule has 0 aromatic carbocycles. The summed E-state index contributed by atoms with van der Waals surface area (Å²) in [6.45, 7) is 6.07. The van der Waals surface area contributed by atoms with Crippen LogP contribution < -0.4 is 10.1 Å². The van der Waals surface area contributed by atoms with Crippen LogP contribution in [0.1, 0.15) is 45.2 Å². The van der Waals surface area contributed by atoms with Crippen molar-refractivity contribution in [3.8, 4) is 11.9 Å². The lowest BCUT2D eigenvalue weighted by atomic mass is 9.88. The van der Waals surface area contributed by atoms with Crippen LogP contribution in [0.2, 0.25) is 0 Å². The highest BCUT2D eigenvalue weighted by atomic mass is 16.5. The molecule has 2 N–H and O–H groups in total. The summed E-state index contributed by atoms with van der Waals surface area (Å²) in [4.78, 5) is 8.64. The average Bonchev–Trinajstić information content (AvgIpc) is 3.03. The van der Waals surface area contributed by atoms with Gasteiger partial charge in [-0.3, -0.25) is 4.68 Å². The fraction of sp³-hybridized carbons (Fsp3) is 0.579. The van der Waals surface area contributed by atoms with Crippen molar-refractivity contribution in [2.45, 2.75) is 58.1 Å². The zero-order chi connectivity index (χ0) is 19.4. The van der Waals surface area contributed by atoms with Gasteiger partial charge in [0.25, 0.3) is 0 Å². The number of nitrogens with zero attached hydrogens (tertiary/aromatic N) is 5. The molecule has 0 atom stereocenters. The molecule has 0 bridgehead atoms. The topological polar surface area (TPSA) is 109 Å². The number of rotatable bonds is 6. The Balaban J connectivity index is 1.63. The summed E-state index contributed by atoms with van der Waals surface area (Å²) >= 11 is 0. The van der Waals surface area contributed by atoms with Crippen molar-refractivity contribution in [2.75, 3.05) is 11.9 Å². The first-order valence-corrected chi connectivity index (χ1v) is 9.26. The Morgan fingerprint density at radius 1 is 1.37 bits per heavy atom. The molecule has 8 heteroatoms. The molecular formula is C19H26N6O2. The minimum atomic E-state index is -0.732. The van der Waals surface area contributed by atoms with E-state index >= 15 is 0 Å². The van der Waals surface area contributed by atoms with Crippen molar-refractivity contribution in [1.29, 1.82) is 5.26 Å². The maximum atomic E-state index is 9.58. The number of anilines is 2. The van der Waals surface area contributed by atoms with E-state index in [4.69, 9.17) is 4.74 Å². The Morgan fingerprint density at radius 2 is 2.11 bits per heavy atom. The minimum Gasteiger partial charge on any atom is -0.477 e. The zero-order valence-corrected chi connectivity index (χ0v) is 16.0. The molecule has 0 spiro atoms. The van der Waals surface area contributed by atoms with Gasteiger partial charge < -0.3 is 15.2 Å². The number of nitrogens with one attached hydrogen (secondary N) is 1. The van der Waals surface area contributed by atoms with Gasteiger partial charge in [-0.2, -0.15) is 15.3 Å². The van der Waals surface area contributed by atoms with Crippen LogP contribution in [0.3, 0.4) is 0 Å². The molecule has 2 aromatic rings. The third kappa shape index (κ3) is 4.74. The molecule has 8 nitrogen and oxygen atoms in total. The van der Waals surface area contributed by atoms with Gasteiger partial charge in [-0.25, -0.2) is 4.98 Å². The predicted molar refractivity (Wildman–Crippen MR) is 101 cm³/mol. The Labute approximate surface area is 159 Å². The summed E-state index contributed by atoms with van der Waals surface area (Å²) in [5.74, 6) is 1.39. The molecule has 1 saturated carbocycles. The molecule has 0 saturated heterocycles. The second-order valence-corrected chi connectivity index (χ2v) is 7.57. The Morgan fingerprint density at radius 3 is 2.81 bits per heavy atom. The molecule has 0 amide bonds. The van der Waals surface area contributed by atoms with Crippen LogP contribution in [0.25, 0.3) is 0 Å². The third-order valence-corrected chi connectivity index (χ3v) is 4.90. The van der Waals surface area contributed by atoms with Crippen molar-refractivity contribution in [2.24, 2.45) is 5.92 Å². The summed E-state index contributed by atoms with van der Waals surface area (Å²) in [5, 5.41) is 26.4. The molecule has 144 valence electrons. The van der Waals surface area contributed by atoms with Crippen LogP contribution in [0, 0.1) is 24.2 Å². The summed E-state index contributed by atoms with van der Waals surface area (Å²) < 4.78 is 7.46. The highest BCUT2D eigenvalue weighted by Gasteiger charge is 2.22. The standard InChI is InChI=1S/C19H26N6O2/c1-13-16(10-25(24-13)19(2,3)12-20)22-18-21-9-8-17(23-18)27-11-14-4-6-15(26)7-5-14/h8-10,14-15,26H,4-7,11H2,1-3H3,(H,21,22,23). The Bertz CT molecular complexity index is 818. The number of ether oxygens (including phenoxy) is 1. The molecule has 2 aromatic heterocycles. The zero-order valence-electron chi connectivity index (χ0n) is 16.0. The van der Waals surface area contributed by atoms with Crippen molar-refractivity contribution in [3.63, 3.8) is 0 Å². The number of aryl methyl sites for hydroxylation is 1. The fourth-order valence-corrected chi connectivity index (χ4v) is 3.04. The van der Waals surface area contributed by atoms with Crippen molar-refractivity contribution >= 4 is 11.6 Å². The monoisotopic (exact) mass is 370 g/mol. The SMILES string of the molecule is Cc1nn(C(C)(C)C#N)cc1Nc1nccc(OCC2CCC(O)CC2)n1. The maximum Gasteiger partial charge on any atom is 0.230 e. The molecule has 1 fully saturated rings. The van der Waals surface area contributed by atoms with Gasteiger partial charge in [-0.05, 0) is 52.4 Å². The average molecular weight is 370 g/mol. The van der Waals surface area contributed by atoms with Crippen LogP contribution in [0.5, 0.6) is 5.88 Å². The number of aliphatic hydroxyl groups excluding tert-OH is 1. The van der Waals surface area contributed by atoms with E-state index in [0.29, 0.717) is 24.4 Å². The number of hydrogen-bond donors (Lipinski definition) is 2. The van der Waals surface area contributed by atoms with Gasteiger partial charge in [0.2, 0.25) is 11.8 Å². The summed E-state index contributed by atoms with van der Waals surface area (Å²) in [5.41, 5.74) is 0.773. The van der Waals surface area contributed by atoms with Gasteiger partial charge in [0.15, 0.2) is 0 Å². The largest absolute Gasteiger partial charge is 0.477 e. The normalized spacial score (nSPS) is 20.1. The molecule has 0 unspecified atom stereocenters. The summed E-state index contributed by atoms with van der Waals surface area (Å²) in [6, 6.07) is 3.96. The first kappa shape index (κ1) is 19.1. The number of aromatic nitrogens is 4. The molecule has 3 rings (SSSR count). The number of nitriles is 1. The van der Waals surface area contributed by atoms with E-state index in [1.165, 1.54) is 0 Å². The van der Waals surface area contributed by atoms with Gasteiger partial charge in [0.1, 0.15) is 5.54 Å². The molecule has 0 aliphatic heterocycles. The smallest absolute Gasteiger partial charge is 0.230 e. The fourth-order valence-electron chi connectivity index (χ4n) is 3.04. The molecular weight excluding hydrogens is 344 g/mol. The molecule has 0 radical (unpaired) electrons. The quantitative estimate of drug-likeness (QED) is 0.804. The number of hydrogen-bond acceptors (Lipinski definition) is 7. The van der Waals surface area contributed by atoms with E-state index in [-0.39, 0.29) is 6.10 Å². The highest BCUT2D eigenvalue weighted by molar-refractivity contribution is 5.55. The van der Waals surface area contributed by atoms with E-state index in [2.05, 4.69) is 26.5 Å². The molecule has 2 heterocycles. The van der Waals surface area contributed by atoms with Gasteiger partial charge in [0.05, 0.1) is 36.4 Å². The highest BCUT2D eigenvalue weighted by Crippen LogP contribution is 2.25. The van der Waals surface area contributed by atoms with E-state index in [0.717, 1.165) is 37.1 Å². The van der Waals surface area contributed by atoms with Crippen LogP contribution in [0.4, 0.5) is 11.6 Å². The van der Waals surface area contributed by atoms with Crippen molar-refractivity contribution < 1.29 is 9.84 Å². The summed E-state index contributed by atoms with van der Waals surface area (Å²) in [6.07, 6.45) is 6.90. The lowest BCUT2D eigenvalue weighted by Gasteiger charge is -2.25. The predicted octanol–water partition coefficient (Wildman–Crippen LogP) is 2.91. The van der Waals surface area contributed by atoms with Crippen LogP contribution in [-0.2, 0) is 5.54 Å². The van der Waals surface area contributed by atoms with Crippen LogP contribution >= 0.6 is 0 Å². The van der Waals surface area contributed by atoms with Gasteiger partial charge >= 0.3 is 0 Å². The van der Waals surface area contributed by atoms with E-state index in [9.17, 15) is 10.4 Å². The van der Waals surface area contributed by atoms with Crippen LogP contribution in [0.15, 0.2) is 18.5 Å². The first-order valence-electron chi connectivity index (χ1n) is 9.26. The van der Waals surface area contributed by atoms with E-state index < -0.39 is 5.54 Å². The van der Waals surface area contributed by atoms with Crippen LogP contribution in [-0.4, -0.2) is 37.6 Å². The van der Waals surface area contributed by atoms with E-state index in [1.807, 2.05) is 6.92 Å². The maximum absolute atomic E-state index is 9.58. The first-order chi connectivity index (χ1) is 12.9. The third-order valence-electron chi connectivity index (χ3n) is 4.90. The Hall–Kier alpha value is -2.66. The molecule has 1 aliphatic rings. The lowest BCUT2D eigenvalue weighted by Crippen LogP contribution is -2.24.